The van der Waals surface area contributed by atoms with Gasteiger partial charge in [-0.1, -0.05) is 25.5 Å². The van der Waals surface area contributed by atoms with Crippen LogP contribution in [-0.2, 0) is 9.59 Å². The first kappa shape index (κ1) is 16.3. The van der Waals surface area contributed by atoms with E-state index in [1.54, 1.807) is 6.92 Å². The number of allylic oxidation sites excluding steroid dienone is 3. The minimum Gasteiger partial charge on any atom is -0.389 e. The summed E-state index contributed by atoms with van der Waals surface area (Å²) < 4.78 is 0. The van der Waals surface area contributed by atoms with Crippen LogP contribution in [0.2, 0.25) is 0 Å². The van der Waals surface area contributed by atoms with E-state index in [2.05, 4.69) is 19.9 Å². The van der Waals surface area contributed by atoms with E-state index in [9.17, 15) is 14.7 Å². The van der Waals surface area contributed by atoms with E-state index in [0.29, 0.717) is 12.3 Å². The standard InChI is InChI=1S/C21H28O3/c1-13(22)16-6-7-17-18-5-4-14-12-15(23)8-9-20(14,3)21(18,24)11-10-19(16,17)2/h6,12,17-18,24H,4-5,7-11H2,1-3H3/t17-,18-,19+,20-,21+/m0/s1. The number of carbonyl (C=O) groups is 2. The molecular weight excluding hydrogens is 300 g/mol. The van der Waals surface area contributed by atoms with E-state index < -0.39 is 5.60 Å². The monoisotopic (exact) mass is 328 g/mol. The minimum atomic E-state index is -0.734. The van der Waals surface area contributed by atoms with Crippen molar-refractivity contribution in [3.05, 3.63) is 23.3 Å². The molecular formula is C21H28O3. The van der Waals surface area contributed by atoms with Crippen molar-refractivity contribution in [3.8, 4) is 0 Å². The van der Waals surface area contributed by atoms with Crippen molar-refractivity contribution < 1.29 is 14.7 Å². The van der Waals surface area contributed by atoms with Gasteiger partial charge in [-0.25, -0.2) is 0 Å². The number of Topliss-reactive ketones (excluding diaryl/α,β-unsaturated/α-hetero) is 1. The van der Waals surface area contributed by atoms with Gasteiger partial charge in [-0.15, -0.1) is 0 Å². The van der Waals surface area contributed by atoms with Gasteiger partial charge in [0.1, 0.15) is 0 Å². The SMILES string of the molecule is CC(=O)C1=CC[C@H]2[C@@H]3CCC4=CC(=O)CC[C@]4(C)[C@@]3(O)CC[C@]12C. The zero-order chi connectivity index (χ0) is 17.3. The van der Waals surface area contributed by atoms with Crippen LogP contribution in [0.25, 0.3) is 0 Å². The molecule has 2 saturated carbocycles. The van der Waals surface area contributed by atoms with Gasteiger partial charge in [0, 0.05) is 11.8 Å². The van der Waals surface area contributed by atoms with Crippen molar-refractivity contribution in [1.29, 1.82) is 0 Å². The first-order chi connectivity index (χ1) is 11.2. The molecule has 5 atom stereocenters. The van der Waals surface area contributed by atoms with Gasteiger partial charge in [0.15, 0.2) is 11.6 Å². The Bertz CT molecular complexity index is 687. The van der Waals surface area contributed by atoms with Crippen molar-refractivity contribution in [2.45, 2.75) is 71.3 Å². The highest BCUT2D eigenvalue weighted by Crippen LogP contribution is 2.67. The third-order valence-electron chi connectivity index (χ3n) is 8.11. The van der Waals surface area contributed by atoms with Crippen molar-refractivity contribution in [2.75, 3.05) is 0 Å². The van der Waals surface area contributed by atoms with Gasteiger partial charge >= 0.3 is 0 Å². The number of hydrogen-bond donors (Lipinski definition) is 1. The summed E-state index contributed by atoms with van der Waals surface area (Å²) in [7, 11) is 0. The van der Waals surface area contributed by atoms with E-state index in [-0.39, 0.29) is 28.3 Å². The van der Waals surface area contributed by atoms with Crippen LogP contribution in [0, 0.1) is 22.7 Å². The van der Waals surface area contributed by atoms with Crippen LogP contribution in [0.4, 0.5) is 0 Å². The molecule has 2 fully saturated rings. The Hall–Kier alpha value is -1.22. The third-order valence-corrected chi connectivity index (χ3v) is 8.11. The van der Waals surface area contributed by atoms with Gasteiger partial charge < -0.3 is 5.11 Å². The van der Waals surface area contributed by atoms with Crippen LogP contribution in [0.1, 0.15) is 65.7 Å². The van der Waals surface area contributed by atoms with Crippen LogP contribution in [0.3, 0.4) is 0 Å². The Labute approximate surface area is 144 Å². The van der Waals surface area contributed by atoms with Crippen molar-refractivity contribution in [2.24, 2.45) is 22.7 Å². The Morgan fingerprint density at radius 3 is 2.62 bits per heavy atom. The molecule has 0 amide bonds. The van der Waals surface area contributed by atoms with Crippen LogP contribution < -0.4 is 0 Å². The molecule has 4 aliphatic rings. The Kier molecular flexibility index (Phi) is 3.32. The number of fused-ring (bicyclic) bond motifs is 5. The summed E-state index contributed by atoms with van der Waals surface area (Å²) in [6.07, 6.45) is 9.63. The van der Waals surface area contributed by atoms with Gasteiger partial charge in [-0.2, -0.15) is 0 Å². The van der Waals surface area contributed by atoms with E-state index >= 15 is 0 Å². The summed E-state index contributed by atoms with van der Waals surface area (Å²) in [5, 5.41) is 11.9. The predicted octanol–water partition coefficient (Wildman–Crippen LogP) is 3.76. The van der Waals surface area contributed by atoms with Gasteiger partial charge in [-0.3, -0.25) is 9.59 Å². The molecule has 130 valence electrons. The molecule has 3 heteroatoms. The van der Waals surface area contributed by atoms with E-state index in [4.69, 9.17) is 0 Å². The molecule has 0 heterocycles. The van der Waals surface area contributed by atoms with Crippen LogP contribution in [0.5, 0.6) is 0 Å². The van der Waals surface area contributed by atoms with Gasteiger partial charge in [-0.05, 0) is 74.3 Å². The zero-order valence-electron chi connectivity index (χ0n) is 15.0. The van der Waals surface area contributed by atoms with Gasteiger partial charge in [0.2, 0.25) is 0 Å². The molecule has 0 saturated heterocycles. The maximum absolute atomic E-state index is 12.1. The lowest BCUT2D eigenvalue weighted by Crippen LogP contribution is -2.63. The van der Waals surface area contributed by atoms with Crippen molar-refractivity contribution in [1.82, 2.24) is 0 Å². The van der Waals surface area contributed by atoms with E-state index in [1.807, 2.05) is 6.08 Å². The minimum absolute atomic E-state index is 0.0786. The highest BCUT2D eigenvalue weighted by Gasteiger charge is 2.64. The number of rotatable bonds is 1. The summed E-state index contributed by atoms with van der Waals surface area (Å²) >= 11 is 0. The molecule has 4 rings (SSSR count). The second-order valence-corrected chi connectivity index (χ2v) is 8.97. The molecule has 0 aromatic heterocycles. The zero-order valence-corrected chi connectivity index (χ0v) is 15.0. The molecule has 24 heavy (non-hydrogen) atoms. The first-order valence-corrected chi connectivity index (χ1v) is 9.40. The van der Waals surface area contributed by atoms with Crippen LogP contribution >= 0.6 is 0 Å². The molecule has 4 aliphatic carbocycles. The number of aliphatic hydroxyl groups is 1. The fourth-order valence-corrected chi connectivity index (χ4v) is 6.62. The first-order valence-electron chi connectivity index (χ1n) is 9.40. The molecule has 0 aromatic rings. The summed E-state index contributed by atoms with van der Waals surface area (Å²) in [5.41, 5.74) is 1.07. The second-order valence-electron chi connectivity index (χ2n) is 8.97. The van der Waals surface area contributed by atoms with E-state index in [0.717, 1.165) is 44.1 Å². The summed E-state index contributed by atoms with van der Waals surface area (Å²) in [6, 6.07) is 0. The lowest BCUT2D eigenvalue weighted by atomic mass is 9.44. The maximum atomic E-state index is 12.1. The molecule has 0 spiro atoms. The predicted molar refractivity (Wildman–Crippen MR) is 92.3 cm³/mol. The summed E-state index contributed by atoms with van der Waals surface area (Å²) in [6.45, 7) is 6.08. The van der Waals surface area contributed by atoms with Crippen LogP contribution in [0.15, 0.2) is 23.3 Å². The summed E-state index contributed by atoms with van der Waals surface area (Å²) in [4.78, 5) is 24.0. The molecule has 0 aliphatic heterocycles. The summed E-state index contributed by atoms with van der Waals surface area (Å²) in [5.74, 6) is 0.980. The normalized spacial score (nSPS) is 47.2. The smallest absolute Gasteiger partial charge is 0.156 e. The quantitative estimate of drug-likeness (QED) is 0.797. The Balaban J connectivity index is 1.74. The second kappa shape index (κ2) is 4.91. The van der Waals surface area contributed by atoms with E-state index in [1.165, 1.54) is 5.57 Å². The topological polar surface area (TPSA) is 54.4 Å². The van der Waals surface area contributed by atoms with Gasteiger partial charge in [0.25, 0.3) is 0 Å². The Morgan fingerprint density at radius 1 is 1.17 bits per heavy atom. The van der Waals surface area contributed by atoms with Crippen molar-refractivity contribution in [3.63, 3.8) is 0 Å². The number of carbonyl (C=O) groups excluding carboxylic acids is 2. The number of hydrogen-bond acceptors (Lipinski definition) is 3. The highest BCUT2D eigenvalue weighted by atomic mass is 16.3. The number of ketones is 2. The lowest BCUT2D eigenvalue weighted by molar-refractivity contribution is -0.185. The molecule has 0 unspecified atom stereocenters. The maximum Gasteiger partial charge on any atom is 0.156 e. The molecule has 0 bridgehead atoms. The molecule has 3 nitrogen and oxygen atoms in total. The fraction of sp³-hybridized carbons (Fsp3) is 0.714. The van der Waals surface area contributed by atoms with Gasteiger partial charge in [0.05, 0.1) is 5.60 Å². The third kappa shape index (κ3) is 1.82. The molecule has 1 N–H and O–H groups in total. The average molecular weight is 328 g/mol. The van der Waals surface area contributed by atoms with Crippen molar-refractivity contribution >= 4 is 11.6 Å². The average Bonchev–Trinajstić information content (AvgIpc) is 2.87. The highest BCUT2D eigenvalue weighted by molar-refractivity contribution is 5.95. The fourth-order valence-electron chi connectivity index (χ4n) is 6.62. The largest absolute Gasteiger partial charge is 0.389 e. The molecule has 0 radical (unpaired) electrons. The Morgan fingerprint density at radius 2 is 1.92 bits per heavy atom. The lowest BCUT2D eigenvalue weighted by Gasteiger charge is -2.62. The molecule has 0 aromatic carbocycles. The van der Waals surface area contributed by atoms with Crippen LogP contribution in [-0.4, -0.2) is 22.3 Å².